The molecule has 2 aromatic carbocycles. The number of hydrogen-bond donors (Lipinski definition) is 2. The van der Waals surface area contributed by atoms with E-state index in [0.29, 0.717) is 11.1 Å². The SMILES string of the molecule is CN(C)c1ccc(C(=O)/C=C/c2ccc(O)cc2O)cc1. The summed E-state index contributed by atoms with van der Waals surface area (Å²) < 4.78 is 0. The summed E-state index contributed by atoms with van der Waals surface area (Å²) in [7, 11) is 3.87. The minimum Gasteiger partial charge on any atom is -0.508 e. The molecule has 2 N–H and O–H groups in total. The largest absolute Gasteiger partial charge is 0.508 e. The van der Waals surface area contributed by atoms with Crippen LogP contribution in [0.3, 0.4) is 0 Å². The van der Waals surface area contributed by atoms with Crippen LogP contribution in [0, 0.1) is 0 Å². The fourth-order valence-corrected chi connectivity index (χ4v) is 1.86. The van der Waals surface area contributed by atoms with Crippen LogP contribution in [-0.4, -0.2) is 30.1 Å². The molecule has 0 amide bonds. The Labute approximate surface area is 123 Å². The number of hydrogen-bond acceptors (Lipinski definition) is 4. The maximum absolute atomic E-state index is 12.0. The van der Waals surface area contributed by atoms with Gasteiger partial charge in [-0.05, 0) is 48.6 Å². The second-order valence-corrected chi connectivity index (χ2v) is 4.88. The highest BCUT2D eigenvalue weighted by Gasteiger charge is 2.04. The molecule has 2 aromatic rings. The van der Waals surface area contributed by atoms with E-state index in [4.69, 9.17) is 0 Å². The second-order valence-electron chi connectivity index (χ2n) is 4.88. The lowest BCUT2D eigenvalue weighted by Gasteiger charge is -2.11. The number of aromatic hydroxyl groups is 2. The van der Waals surface area contributed by atoms with E-state index in [-0.39, 0.29) is 17.3 Å². The van der Waals surface area contributed by atoms with Crippen molar-refractivity contribution in [3.63, 3.8) is 0 Å². The molecule has 2 rings (SSSR count). The fraction of sp³-hybridized carbons (Fsp3) is 0.118. The summed E-state index contributed by atoms with van der Waals surface area (Å²) >= 11 is 0. The van der Waals surface area contributed by atoms with Crippen LogP contribution in [0.5, 0.6) is 11.5 Å². The molecule has 0 spiro atoms. The Morgan fingerprint density at radius 1 is 1.05 bits per heavy atom. The Hall–Kier alpha value is -2.75. The average Bonchev–Trinajstić information content (AvgIpc) is 2.46. The molecule has 0 saturated heterocycles. The van der Waals surface area contributed by atoms with Crippen LogP contribution in [0.4, 0.5) is 5.69 Å². The number of phenolic OH excluding ortho intramolecular Hbond substituents is 2. The molecular weight excluding hydrogens is 266 g/mol. The summed E-state index contributed by atoms with van der Waals surface area (Å²) in [5.41, 5.74) is 2.08. The van der Waals surface area contributed by atoms with Gasteiger partial charge in [0, 0.05) is 37.0 Å². The lowest BCUT2D eigenvalue weighted by Crippen LogP contribution is -2.08. The van der Waals surface area contributed by atoms with Gasteiger partial charge >= 0.3 is 0 Å². The molecular formula is C17H17NO3. The predicted octanol–water partition coefficient (Wildman–Crippen LogP) is 3.06. The van der Waals surface area contributed by atoms with Gasteiger partial charge in [0.25, 0.3) is 0 Å². The van der Waals surface area contributed by atoms with Crippen LogP contribution in [0.2, 0.25) is 0 Å². The number of carbonyl (C=O) groups is 1. The van der Waals surface area contributed by atoms with Gasteiger partial charge in [-0.1, -0.05) is 0 Å². The first-order valence-corrected chi connectivity index (χ1v) is 6.49. The molecule has 21 heavy (non-hydrogen) atoms. The summed E-state index contributed by atoms with van der Waals surface area (Å²) in [5.74, 6) is -0.231. The number of anilines is 1. The average molecular weight is 283 g/mol. The topological polar surface area (TPSA) is 60.8 Å². The van der Waals surface area contributed by atoms with E-state index >= 15 is 0 Å². The summed E-state index contributed by atoms with van der Waals surface area (Å²) in [6.07, 6.45) is 2.92. The van der Waals surface area contributed by atoms with Gasteiger partial charge in [-0.15, -0.1) is 0 Å². The maximum Gasteiger partial charge on any atom is 0.185 e. The Morgan fingerprint density at radius 3 is 2.29 bits per heavy atom. The Balaban J connectivity index is 2.15. The lowest BCUT2D eigenvalue weighted by molar-refractivity contribution is 0.104. The third-order valence-corrected chi connectivity index (χ3v) is 3.10. The van der Waals surface area contributed by atoms with Crippen molar-refractivity contribution >= 4 is 17.5 Å². The molecule has 0 fully saturated rings. The first kappa shape index (κ1) is 14.7. The highest BCUT2D eigenvalue weighted by molar-refractivity contribution is 6.07. The molecule has 0 saturated carbocycles. The third kappa shape index (κ3) is 3.63. The lowest BCUT2D eigenvalue weighted by atomic mass is 10.1. The highest BCUT2D eigenvalue weighted by atomic mass is 16.3. The Morgan fingerprint density at radius 2 is 1.71 bits per heavy atom. The van der Waals surface area contributed by atoms with E-state index in [9.17, 15) is 15.0 Å². The third-order valence-electron chi connectivity index (χ3n) is 3.10. The predicted molar refractivity (Wildman–Crippen MR) is 83.9 cm³/mol. The van der Waals surface area contributed by atoms with E-state index in [1.165, 1.54) is 24.3 Å². The van der Waals surface area contributed by atoms with Gasteiger partial charge in [-0.25, -0.2) is 0 Å². The monoisotopic (exact) mass is 283 g/mol. The molecule has 4 nitrogen and oxygen atoms in total. The van der Waals surface area contributed by atoms with Crippen molar-refractivity contribution in [2.45, 2.75) is 0 Å². The minimum atomic E-state index is -0.146. The van der Waals surface area contributed by atoms with Gasteiger partial charge in [-0.3, -0.25) is 4.79 Å². The second kappa shape index (κ2) is 6.13. The quantitative estimate of drug-likeness (QED) is 0.668. The fourth-order valence-electron chi connectivity index (χ4n) is 1.86. The number of rotatable bonds is 4. The summed E-state index contributed by atoms with van der Waals surface area (Å²) in [5, 5.41) is 18.9. The van der Waals surface area contributed by atoms with Gasteiger partial charge in [0.05, 0.1) is 0 Å². The van der Waals surface area contributed by atoms with Gasteiger partial charge in [0.1, 0.15) is 11.5 Å². The number of phenols is 2. The van der Waals surface area contributed by atoms with E-state index < -0.39 is 0 Å². The maximum atomic E-state index is 12.0. The first-order chi connectivity index (χ1) is 9.97. The molecule has 0 unspecified atom stereocenters. The molecule has 0 aliphatic carbocycles. The standard InChI is InChI=1S/C17H17NO3/c1-18(2)14-7-3-12(4-8-14)16(20)10-6-13-5-9-15(19)11-17(13)21/h3-11,19,21H,1-2H3/b10-6+. The number of ketones is 1. The molecule has 4 heteroatoms. The van der Waals surface area contributed by atoms with Crippen molar-refractivity contribution in [2.75, 3.05) is 19.0 Å². The summed E-state index contributed by atoms with van der Waals surface area (Å²) in [4.78, 5) is 14.0. The van der Waals surface area contributed by atoms with Gasteiger partial charge in [0.2, 0.25) is 0 Å². The van der Waals surface area contributed by atoms with Crippen LogP contribution in [0.15, 0.2) is 48.5 Å². The van der Waals surface area contributed by atoms with Crippen LogP contribution in [0.25, 0.3) is 6.08 Å². The highest BCUT2D eigenvalue weighted by Crippen LogP contribution is 2.23. The Bertz CT molecular complexity index is 673. The zero-order chi connectivity index (χ0) is 15.4. The van der Waals surface area contributed by atoms with Gasteiger partial charge in [-0.2, -0.15) is 0 Å². The van der Waals surface area contributed by atoms with E-state index in [2.05, 4.69) is 0 Å². The molecule has 0 atom stereocenters. The smallest absolute Gasteiger partial charge is 0.185 e. The van der Waals surface area contributed by atoms with E-state index in [1.54, 1.807) is 18.2 Å². The molecule has 0 aliphatic heterocycles. The molecule has 0 aliphatic rings. The van der Waals surface area contributed by atoms with Crippen molar-refractivity contribution in [1.82, 2.24) is 0 Å². The zero-order valence-electron chi connectivity index (χ0n) is 11.9. The van der Waals surface area contributed by atoms with Crippen LogP contribution in [-0.2, 0) is 0 Å². The normalized spacial score (nSPS) is 10.8. The van der Waals surface area contributed by atoms with Gasteiger partial charge < -0.3 is 15.1 Å². The number of carbonyl (C=O) groups excluding carboxylic acids is 1. The molecule has 0 heterocycles. The van der Waals surface area contributed by atoms with Crippen molar-refractivity contribution in [1.29, 1.82) is 0 Å². The number of benzene rings is 2. The van der Waals surface area contributed by atoms with Crippen molar-refractivity contribution in [3.8, 4) is 11.5 Å². The summed E-state index contributed by atoms with van der Waals surface area (Å²) in [6, 6.07) is 11.5. The first-order valence-electron chi connectivity index (χ1n) is 6.49. The van der Waals surface area contributed by atoms with Crippen molar-refractivity contribution in [3.05, 3.63) is 59.7 Å². The number of allylic oxidation sites excluding steroid dienone is 1. The van der Waals surface area contributed by atoms with Crippen LogP contribution in [0.1, 0.15) is 15.9 Å². The zero-order valence-corrected chi connectivity index (χ0v) is 11.9. The van der Waals surface area contributed by atoms with Gasteiger partial charge in [0.15, 0.2) is 5.78 Å². The minimum absolute atomic E-state index is 0.0183. The summed E-state index contributed by atoms with van der Waals surface area (Å²) in [6.45, 7) is 0. The molecule has 0 bridgehead atoms. The van der Waals surface area contributed by atoms with Crippen LogP contribution >= 0.6 is 0 Å². The molecule has 0 aromatic heterocycles. The van der Waals surface area contributed by atoms with E-state index in [0.717, 1.165) is 5.69 Å². The van der Waals surface area contributed by atoms with E-state index in [1.807, 2.05) is 31.1 Å². The van der Waals surface area contributed by atoms with Crippen molar-refractivity contribution < 1.29 is 15.0 Å². The molecule has 108 valence electrons. The Kier molecular flexibility index (Phi) is 4.28. The molecule has 0 radical (unpaired) electrons. The van der Waals surface area contributed by atoms with Crippen LogP contribution < -0.4 is 4.90 Å². The van der Waals surface area contributed by atoms with Crippen molar-refractivity contribution in [2.24, 2.45) is 0 Å². The number of nitrogens with zero attached hydrogens (tertiary/aromatic N) is 1.